The SMILES string of the molecule is CCCCC(=O)CCSSc1ccccn1. The predicted octanol–water partition coefficient (Wildman–Crippen LogP) is 3.97. The molecule has 4 heteroatoms. The number of ketones is 1. The van der Waals surface area contributed by atoms with Crippen LogP contribution in [0.1, 0.15) is 32.6 Å². The van der Waals surface area contributed by atoms with Crippen molar-refractivity contribution in [3.05, 3.63) is 24.4 Å². The summed E-state index contributed by atoms with van der Waals surface area (Å²) < 4.78 is 0. The Bertz CT molecular complexity index is 303. The summed E-state index contributed by atoms with van der Waals surface area (Å²) in [5.41, 5.74) is 0. The van der Waals surface area contributed by atoms with Gasteiger partial charge in [-0.25, -0.2) is 4.98 Å². The molecule has 0 spiro atoms. The first kappa shape index (κ1) is 13.6. The summed E-state index contributed by atoms with van der Waals surface area (Å²) in [5, 5.41) is 1.01. The molecule has 0 radical (unpaired) electrons. The van der Waals surface area contributed by atoms with Gasteiger partial charge in [0.25, 0.3) is 0 Å². The Morgan fingerprint density at radius 1 is 1.38 bits per heavy atom. The van der Waals surface area contributed by atoms with Crippen LogP contribution in [0.3, 0.4) is 0 Å². The van der Waals surface area contributed by atoms with E-state index in [1.54, 1.807) is 27.8 Å². The average molecular weight is 255 g/mol. The molecule has 0 saturated carbocycles. The molecule has 0 fully saturated rings. The molecular formula is C12H17NOS2. The molecule has 0 aliphatic heterocycles. The quantitative estimate of drug-likeness (QED) is 0.519. The maximum absolute atomic E-state index is 11.4. The van der Waals surface area contributed by atoms with Crippen LogP contribution in [0.2, 0.25) is 0 Å². The second kappa shape index (κ2) is 8.65. The van der Waals surface area contributed by atoms with Crippen molar-refractivity contribution in [1.82, 2.24) is 4.98 Å². The molecule has 0 unspecified atom stereocenters. The molecule has 0 aliphatic rings. The summed E-state index contributed by atoms with van der Waals surface area (Å²) in [7, 11) is 3.34. The van der Waals surface area contributed by atoms with Crippen molar-refractivity contribution in [3.8, 4) is 0 Å². The van der Waals surface area contributed by atoms with Gasteiger partial charge in [-0.3, -0.25) is 4.79 Å². The first-order valence-corrected chi connectivity index (χ1v) is 7.87. The Kier molecular flexibility index (Phi) is 7.34. The molecule has 0 N–H and O–H groups in total. The molecule has 0 atom stereocenters. The summed E-state index contributed by atoms with van der Waals surface area (Å²) in [5.74, 6) is 1.26. The largest absolute Gasteiger partial charge is 0.300 e. The number of hydrogen-bond acceptors (Lipinski definition) is 4. The van der Waals surface area contributed by atoms with Gasteiger partial charge in [0.1, 0.15) is 10.8 Å². The van der Waals surface area contributed by atoms with Gasteiger partial charge >= 0.3 is 0 Å². The molecule has 1 aromatic rings. The number of nitrogens with zero attached hydrogens (tertiary/aromatic N) is 1. The van der Waals surface area contributed by atoms with Crippen LogP contribution in [0.4, 0.5) is 0 Å². The number of hydrogen-bond donors (Lipinski definition) is 0. The van der Waals surface area contributed by atoms with Crippen molar-refractivity contribution in [2.75, 3.05) is 5.75 Å². The number of carbonyl (C=O) groups is 1. The highest BCUT2D eigenvalue weighted by Crippen LogP contribution is 2.29. The molecule has 1 aromatic heterocycles. The predicted molar refractivity (Wildman–Crippen MR) is 71.7 cm³/mol. The van der Waals surface area contributed by atoms with E-state index < -0.39 is 0 Å². The second-order valence-corrected chi connectivity index (χ2v) is 5.90. The van der Waals surface area contributed by atoms with Crippen LogP contribution in [-0.4, -0.2) is 16.5 Å². The molecule has 0 aromatic carbocycles. The lowest BCUT2D eigenvalue weighted by molar-refractivity contribution is -0.118. The monoisotopic (exact) mass is 255 g/mol. The Morgan fingerprint density at radius 2 is 2.25 bits per heavy atom. The minimum atomic E-state index is 0.385. The van der Waals surface area contributed by atoms with Crippen LogP contribution in [0.5, 0.6) is 0 Å². The van der Waals surface area contributed by atoms with E-state index in [1.165, 1.54) is 0 Å². The van der Waals surface area contributed by atoms with Crippen LogP contribution in [-0.2, 0) is 4.79 Å². The molecule has 88 valence electrons. The van der Waals surface area contributed by atoms with E-state index >= 15 is 0 Å². The third-order valence-corrected chi connectivity index (χ3v) is 4.32. The molecule has 2 nitrogen and oxygen atoms in total. The van der Waals surface area contributed by atoms with Crippen molar-refractivity contribution in [2.24, 2.45) is 0 Å². The molecule has 0 aliphatic carbocycles. The normalized spacial score (nSPS) is 10.3. The minimum Gasteiger partial charge on any atom is -0.300 e. The van der Waals surface area contributed by atoms with Crippen molar-refractivity contribution in [3.63, 3.8) is 0 Å². The highest BCUT2D eigenvalue weighted by molar-refractivity contribution is 8.76. The highest BCUT2D eigenvalue weighted by atomic mass is 33.1. The van der Waals surface area contributed by atoms with Gasteiger partial charge in [-0.15, -0.1) is 0 Å². The lowest BCUT2D eigenvalue weighted by Gasteiger charge is -2.00. The number of rotatable bonds is 8. The van der Waals surface area contributed by atoms with Crippen LogP contribution in [0, 0.1) is 0 Å². The van der Waals surface area contributed by atoms with E-state index in [0.717, 1.165) is 30.0 Å². The van der Waals surface area contributed by atoms with E-state index in [1.807, 2.05) is 18.2 Å². The maximum atomic E-state index is 11.4. The summed E-state index contributed by atoms with van der Waals surface area (Å²) in [4.78, 5) is 15.6. The van der Waals surface area contributed by atoms with Gasteiger partial charge in [-0.1, -0.05) is 30.2 Å². The summed E-state index contributed by atoms with van der Waals surface area (Å²) >= 11 is 0. The molecule has 16 heavy (non-hydrogen) atoms. The second-order valence-electron chi connectivity index (χ2n) is 3.47. The first-order chi connectivity index (χ1) is 7.83. The zero-order chi connectivity index (χ0) is 11.6. The molecular weight excluding hydrogens is 238 g/mol. The number of pyridine rings is 1. The zero-order valence-corrected chi connectivity index (χ0v) is 11.1. The summed E-state index contributed by atoms with van der Waals surface area (Å²) in [6, 6.07) is 5.86. The summed E-state index contributed by atoms with van der Waals surface area (Å²) in [6.45, 7) is 2.11. The van der Waals surface area contributed by atoms with E-state index in [9.17, 15) is 4.79 Å². The van der Waals surface area contributed by atoms with E-state index in [-0.39, 0.29) is 0 Å². The third kappa shape index (κ3) is 6.18. The Hall–Kier alpha value is -0.480. The van der Waals surface area contributed by atoms with Gasteiger partial charge in [0.15, 0.2) is 0 Å². The molecule has 1 rings (SSSR count). The van der Waals surface area contributed by atoms with Crippen LogP contribution >= 0.6 is 21.6 Å². The zero-order valence-electron chi connectivity index (χ0n) is 9.52. The average Bonchev–Trinajstić information content (AvgIpc) is 2.33. The van der Waals surface area contributed by atoms with Crippen molar-refractivity contribution < 1.29 is 4.79 Å². The van der Waals surface area contributed by atoms with Crippen LogP contribution in [0.25, 0.3) is 0 Å². The third-order valence-electron chi connectivity index (χ3n) is 2.06. The Labute approximate surface area is 105 Å². The van der Waals surface area contributed by atoms with E-state index in [2.05, 4.69) is 11.9 Å². The highest BCUT2D eigenvalue weighted by Gasteiger charge is 2.01. The van der Waals surface area contributed by atoms with Crippen molar-refractivity contribution in [1.29, 1.82) is 0 Å². The standard InChI is InChI=1S/C12H17NOS2/c1-2-3-6-11(14)8-10-15-16-12-7-4-5-9-13-12/h4-5,7,9H,2-3,6,8,10H2,1H3. The van der Waals surface area contributed by atoms with E-state index in [0.29, 0.717) is 12.2 Å². The number of carbonyl (C=O) groups excluding carboxylic acids is 1. The molecule has 0 bridgehead atoms. The van der Waals surface area contributed by atoms with Gasteiger partial charge in [0, 0.05) is 24.8 Å². The van der Waals surface area contributed by atoms with Gasteiger partial charge in [-0.2, -0.15) is 0 Å². The van der Waals surface area contributed by atoms with E-state index in [4.69, 9.17) is 0 Å². The number of Topliss-reactive ketones (excluding diaryl/α,β-unsaturated/α-hetero) is 1. The number of unbranched alkanes of at least 4 members (excludes halogenated alkanes) is 1. The number of aromatic nitrogens is 1. The molecule has 0 saturated heterocycles. The first-order valence-electron chi connectivity index (χ1n) is 5.55. The lowest BCUT2D eigenvalue weighted by Crippen LogP contribution is -1.98. The van der Waals surface area contributed by atoms with Crippen LogP contribution in [0.15, 0.2) is 29.4 Å². The topological polar surface area (TPSA) is 30.0 Å². The molecule has 1 heterocycles. The Balaban J connectivity index is 2.06. The lowest BCUT2D eigenvalue weighted by atomic mass is 10.1. The maximum Gasteiger partial charge on any atom is 0.133 e. The van der Waals surface area contributed by atoms with Crippen molar-refractivity contribution >= 4 is 27.4 Å². The van der Waals surface area contributed by atoms with Gasteiger partial charge in [0.2, 0.25) is 0 Å². The van der Waals surface area contributed by atoms with Gasteiger partial charge in [0.05, 0.1) is 0 Å². The fraction of sp³-hybridized carbons (Fsp3) is 0.500. The van der Waals surface area contributed by atoms with Crippen molar-refractivity contribution in [2.45, 2.75) is 37.6 Å². The smallest absolute Gasteiger partial charge is 0.133 e. The van der Waals surface area contributed by atoms with Gasteiger partial charge in [-0.05, 0) is 29.3 Å². The molecule has 0 amide bonds. The Morgan fingerprint density at radius 3 is 2.94 bits per heavy atom. The fourth-order valence-corrected chi connectivity index (χ4v) is 3.06. The van der Waals surface area contributed by atoms with Crippen LogP contribution < -0.4 is 0 Å². The summed E-state index contributed by atoms with van der Waals surface area (Å²) in [6.07, 6.45) is 5.34. The minimum absolute atomic E-state index is 0.385. The fourth-order valence-electron chi connectivity index (χ4n) is 1.15. The van der Waals surface area contributed by atoms with Gasteiger partial charge < -0.3 is 0 Å².